The summed E-state index contributed by atoms with van der Waals surface area (Å²) >= 11 is 0. The lowest BCUT2D eigenvalue weighted by Gasteiger charge is -2.21. The molecule has 0 radical (unpaired) electrons. The maximum atomic E-state index is 10.1. The third kappa shape index (κ3) is 7.49. The molecule has 1 aromatic rings. The van der Waals surface area contributed by atoms with Crippen molar-refractivity contribution in [2.75, 3.05) is 47.1 Å². The van der Waals surface area contributed by atoms with Crippen LogP contribution >= 0.6 is 0 Å². The molecule has 1 rings (SSSR count). The van der Waals surface area contributed by atoms with Crippen molar-refractivity contribution in [1.29, 1.82) is 0 Å². The molecule has 2 atom stereocenters. The Hall–Kier alpha value is -1.34. The van der Waals surface area contributed by atoms with E-state index in [0.29, 0.717) is 31.2 Å². The predicted molar refractivity (Wildman–Crippen MR) is 92.8 cm³/mol. The van der Waals surface area contributed by atoms with Crippen molar-refractivity contribution in [3.63, 3.8) is 0 Å². The molecule has 0 aliphatic heterocycles. The second-order valence-electron chi connectivity index (χ2n) is 5.89. The van der Waals surface area contributed by atoms with Gasteiger partial charge in [-0.05, 0) is 24.1 Å². The lowest BCUT2D eigenvalue weighted by atomic mass is 10.2. The predicted octanol–water partition coefficient (Wildman–Crippen LogP) is 0.259. The fraction of sp³-hybridized carbons (Fsp3) is 0.667. The zero-order chi connectivity index (χ0) is 17.8. The van der Waals surface area contributed by atoms with Gasteiger partial charge >= 0.3 is 0 Å². The van der Waals surface area contributed by atoms with Gasteiger partial charge in [0.1, 0.15) is 19.2 Å². The highest BCUT2D eigenvalue weighted by Gasteiger charge is 2.15. The summed E-state index contributed by atoms with van der Waals surface area (Å²) in [6, 6.07) is 5.62. The van der Waals surface area contributed by atoms with Crippen molar-refractivity contribution in [1.82, 2.24) is 0 Å². The van der Waals surface area contributed by atoms with Crippen LogP contribution in [0.3, 0.4) is 0 Å². The van der Waals surface area contributed by atoms with Gasteiger partial charge in [0.2, 0.25) is 0 Å². The number of aliphatic hydroxyl groups is 2. The van der Waals surface area contributed by atoms with E-state index in [-0.39, 0.29) is 13.2 Å². The molecule has 24 heavy (non-hydrogen) atoms. The molecular weight excluding hydrogens is 310 g/mol. The standard InChI is InChI=1S/C18H31NO5/c1-4-5-8-19(9-10-20)12-16(21)14-24-13-15-6-7-17(22-2)18(11-15)23-3/h6-7,11,16,20-21H,4-5,8-10,12-14H2,1-3H3/p+1/t16-/m0/s1. The van der Waals surface area contributed by atoms with Gasteiger partial charge in [0.15, 0.2) is 11.5 Å². The Kier molecular flexibility index (Phi) is 10.4. The van der Waals surface area contributed by atoms with E-state index in [4.69, 9.17) is 19.3 Å². The Labute approximate surface area is 144 Å². The smallest absolute Gasteiger partial charge is 0.161 e. The Morgan fingerprint density at radius 3 is 2.50 bits per heavy atom. The van der Waals surface area contributed by atoms with Crippen LogP contribution in [0.15, 0.2) is 18.2 Å². The minimum Gasteiger partial charge on any atom is -0.493 e. The Balaban J connectivity index is 2.39. The normalized spacial score (nSPS) is 13.5. The summed E-state index contributed by atoms with van der Waals surface area (Å²) in [4.78, 5) is 1.21. The quantitative estimate of drug-likeness (QED) is 0.480. The Morgan fingerprint density at radius 2 is 1.88 bits per heavy atom. The van der Waals surface area contributed by atoms with E-state index in [2.05, 4.69) is 6.92 Å². The first-order chi connectivity index (χ1) is 11.6. The average Bonchev–Trinajstić information content (AvgIpc) is 2.59. The third-order valence-corrected chi connectivity index (χ3v) is 3.90. The number of hydrogen-bond acceptors (Lipinski definition) is 5. The molecule has 1 unspecified atom stereocenters. The van der Waals surface area contributed by atoms with Gasteiger partial charge in [-0.25, -0.2) is 0 Å². The van der Waals surface area contributed by atoms with E-state index < -0.39 is 6.10 Å². The van der Waals surface area contributed by atoms with E-state index in [1.807, 2.05) is 18.2 Å². The van der Waals surface area contributed by atoms with Crippen molar-refractivity contribution < 1.29 is 29.3 Å². The summed E-state index contributed by atoms with van der Waals surface area (Å²) in [6.07, 6.45) is 1.67. The number of ether oxygens (including phenoxy) is 3. The summed E-state index contributed by atoms with van der Waals surface area (Å²) in [5.74, 6) is 1.35. The number of benzene rings is 1. The summed E-state index contributed by atoms with van der Waals surface area (Å²) in [5, 5.41) is 19.2. The molecule has 0 aliphatic carbocycles. The molecule has 0 bridgehead atoms. The second-order valence-corrected chi connectivity index (χ2v) is 5.89. The first kappa shape index (κ1) is 20.7. The highest BCUT2D eigenvalue weighted by atomic mass is 16.5. The first-order valence-corrected chi connectivity index (χ1v) is 8.55. The molecule has 0 saturated heterocycles. The molecule has 0 aromatic heterocycles. The summed E-state index contributed by atoms with van der Waals surface area (Å²) in [6.45, 7) is 5.16. The van der Waals surface area contributed by atoms with Crippen LogP contribution in [0.25, 0.3) is 0 Å². The molecule has 0 aliphatic rings. The maximum absolute atomic E-state index is 10.1. The van der Waals surface area contributed by atoms with Gasteiger partial charge in [-0.2, -0.15) is 0 Å². The lowest BCUT2D eigenvalue weighted by Crippen LogP contribution is -3.13. The number of hydrogen-bond donors (Lipinski definition) is 3. The number of nitrogens with one attached hydrogen (secondary N) is 1. The molecule has 0 heterocycles. The van der Waals surface area contributed by atoms with Crippen LogP contribution in [0.2, 0.25) is 0 Å². The Bertz CT molecular complexity index is 455. The summed E-state index contributed by atoms with van der Waals surface area (Å²) in [5.41, 5.74) is 0.963. The molecular formula is C18H32NO5+. The highest BCUT2D eigenvalue weighted by Crippen LogP contribution is 2.27. The lowest BCUT2D eigenvalue weighted by molar-refractivity contribution is -0.903. The van der Waals surface area contributed by atoms with Crippen LogP contribution in [0, 0.1) is 0 Å². The van der Waals surface area contributed by atoms with Crippen LogP contribution < -0.4 is 14.4 Å². The first-order valence-electron chi connectivity index (χ1n) is 8.55. The summed E-state index contributed by atoms with van der Waals surface area (Å²) in [7, 11) is 3.20. The molecule has 0 saturated carbocycles. The zero-order valence-corrected chi connectivity index (χ0v) is 15.1. The molecule has 138 valence electrons. The number of aliphatic hydroxyl groups excluding tert-OH is 2. The molecule has 6 nitrogen and oxygen atoms in total. The molecule has 6 heteroatoms. The molecule has 0 spiro atoms. The topological polar surface area (TPSA) is 72.6 Å². The third-order valence-electron chi connectivity index (χ3n) is 3.90. The van der Waals surface area contributed by atoms with Crippen LogP contribution in [-0.4, -0.2) is 63.4 Å². The minimum atomic E-state index is -0.538. The van der Waals surface area contributed by atoms with Crippen molar-refractivity contribution >= 4 is 0 Å². The zero-order valence-electron chi connectivity index (χ0n) is 15.1. The van der Waals surface area contributed by atoms with Crippen LogP contribution in [0.1, 0.15) is 25.3 Å². The van der Waals surface area contributed by atoms with E-state index in [0.717, 1.165) is 24.9 Å². The van der Waals surface area contributed by atoms with Gasteiger partial charge in [0.25, 0.3) is 0 Å². The van der Waals surface area contributed by atoms with Gasteiger partial charge in [-0.15, -0.1) is 0 Å². The SMILES string of the molecule is CCCC[NH+](CCO)C[C@H](O)COCc1ccc(OC)c(OC)c1. The Morgan fingerprint density at radius 1 is 1.12 bits per heavy atom. The highest BCUT2D eigenvalue weighted by molar-refractivity contribution is 5.42. The molecule has 3 N–H and O–H groups in total. The number of methoxy groups -OCH3 is 2. The summed E-state index contributed by atoms with van der Waals surface area (Å²) < 4.78 is 16.1. The van der Waals surface area contributed by atoms with Crippen LogP contribution in [0.5, 0.6) is 11.5 Å². The number of unbranched alkanes of at least 4 members (excludes halogenated alkanes) is 1. The van der Waals surface area contributed by atoms with Gasteiger partial charge in [-0.3, -0.25) is 0 Å². The van der Waals surface area contributed by atoms with E-state index >= 15 is 0 Å². The van der Waals surface area contributed by atoms with Gasteiger partial charge in [0.05, 0.1) is 40.6 Å². The van der Waals surface area contributed by atoms with Gasteiger partial charge < -0.3 is 29.3 Å². The van der Waals surface area contributed by atoms with Crippen molar-refractivity contribution in [2.45, 2.75) is 32.5 Å². The fourth-order valence-corrected chi connectivity index (χ4v) is 2.59. The van der Waals surface area contributed by atoms with Crippen molar-refractivity contribution in [3.05, 3.63) is 23.8 Å². The number of quaternary nitrogens is 1. The minimum absolute atomic E-state index is 0.137. The van der Waals surface area contributed by atoms with Gasteiger partial charge in [-0.1, -0.05) is 19.4 Å². The monoisotopic (exact) mass is 342 g/mol. The van der Waals surface area contributed by atoms with E-state index in [1.165, 1.54) is 4.90 Å². The average molecular weight is 342 g/mol. The second kappa shape index (κ2) is 12.1. The van der Waals surface area contributed by atoms with E-state index in [9.17, 15) is 5.11 Å². The van der Waals surface area contributed by atoms with Crippen molar-refractivity contribution in [2.24, 2.45) is 0 Å². The molecule has 0 amide bonds. The maximum Gasteiger partial charge on any atom is 0.161 e. The van der Waals surface area contributed by atoms with Gasteiger partial charge in [0, 0.05) is 0 Å². The van der Waals surface area contributed by atoms with E-state index in [1.54, 1.807) is 14.2 Å². The molecule has 0 fully saturated rings. The van der Waals surface area contributed by atoms with Crippen LogP contribution in [-0.2, 0) is 11.3 Å². The largest absolute Gasteiger partial charge is 0.493 e. The van der Waals surface area contributed by atoms with Crippen LogP contribution in [0.4, 0.5) is 0 Å². The molecule has 1 aromatic carbocycles. The fourth-order valence-electron chi connectivity index (χ4n) is 2.59. The number of rotatable bonds is 13. The van der Waals surface area contributed by atoms with Crippen molar-refractivity contribution in [3.8, 4) is 11.5 Å².